The van der Waals surface area contributed by atoms with Gasteiger partial charge in [-0.05, 0) is 30.3 Å². The Hall–Kier alpha value is -2.51. The van der Waals surface area contributed by atoms with Crippen molar-refractivity contribution in [2.24, 2.45) is 5.92 Å². The standard InChI is InChI=1S/C19H18ClN3O3S/c1-25-13-4-6-17-15(8-13)22-19(27-17)23-9-11(10-23)18(24)21-14-7-12(20)3-5-16(14)26-2/h3-8,11H,9-10H2,1-2H3,(H,21,24). The number of amides is 1. The van der Waals surface area contributed by atoms with E-state index in [-0.39, 0.29) is 11.8 Å². The van der Waals surface area contributed by atoms with Crippen LogP contribution in [0.25, 0.3) is 10.2 Å². The van der Waals surface area contributed by atoms with Gasteiger partial charge in [-0.25, -0.2) is 4.98 Å². The average Bonchev–Trinajstić information content (AvgIpc) is 3.03. The number of benzene rings is 2. The molecule has 0 radical (unpaired) electrons. The summed E-state index contributed by atoms with van der Waals surface area (Å²) in [6, 6.07) is 11.0. The topological polar surface area (TPSA) is 63.7 Å². The molecule has 4 rings (SSSR count). The highest BCUT2D eigenvalue weighted by Crippen LogP contribution is 2.35. The third kappa shape index (κ3) is 3.52. The molecule has 2 aromatic carbocycles. The number of anilines is 2. The molecule has 0 spiro atoms. The van der Waals surface area contributed by atoms with Gasteiger partial charge in [-0.1, -0.05) is 22.9 Å². The normalized spacial score (nSPS) is 14.1. The van der Waals surface area contributed by atoms with Gasteiger partial charge < -0.3 is 19.7 Å². The Morgan fingerprint density at radius 1 is 1.22 bits per heavy atom. The van der Waals surface area contributed by atoms with Crippen molar-refractivity contribution in [1.29, 1.82) is 0 Å². The molecule has 0 aliphatic carbocycles. The number of ether oxygens (including phenoxy) is 2. The molecule has 1 fully saturated rings. The summed E-state index contributed by atoms with van der Waals surface area (Å²) in [6.07, 6.45) is 0. The lowest BCUT2D eigenvalue weighted by atomic mass is 10.00. The number of hydrogen-bond acceptors (Lipinski definition) is 6. The molecule has 0 saturated carbocycles. The van der Waals surface area contributed by atoms with Gasteiger partial charge in [0.2, 0.25) is 5.91 Å². The van der Waals surface area contributed by atoms with E-state index in [1.54, 1.807) is 43.8 Å². The van der Waals surface area contributed by atoms with Crippen molar-refractivity contribution in [3.05, 3.63) is 41.4 Å². The summed E-state index contributed by atoms with van der Waals surface area (Å²) in [6.45, 7) is 1.26. The quantitative estimate of drug-likeness (QED) is 0.696. The van der Waals surface area contributed by atoms with Crippen LogP contribution in [-0.2, 0) is 4.79 Å². The molecule has 1 aliphatic rings. The number of hydrogen-bond donors (Lipinski definition) is 1. The van der Waals surface area contributed by atoms with Crippen LogP contribution in [0.4, 0.5) is 10.8 Å². The monoisotopic (exact) mass is 403 g/mol. The van der Waals surface area contributed by atoms with E-state index >= 15 is 0 Å². The molecule has 27 heavy (non-hydrogen) atoms. The van der Waals surface area contributed by atoms with Gasteiger partial charge in [0.25, 0.3) is 0 Å². The molecule has 1 saturated heterocycles. The van der Waals surface area contributed by atoms with Crippen LogP contribution >= 0.6 is 22.9 Å². The number of methoxy groups -OCH3 is 2. The van der Waals surface area contributed by atoms with Gasteiger partial charge in [0, 0.05) is 24.2 Å². The van der Waals surface area contributed by atoms with Crippen molar-refractivity contribution in [3.63, 3.8) is 0 Å². The van der Waals surface area contributed by atoms with E-state index in [0.717, 1.165) is 21.1 Å². The summed E-state index contributed by atoms with van der Waals surface area (Å²) in [5.41, 5.74) is 1.49. The molecule has 0 unspecified atom stereocenters. The van der Waals surface area contributed by atoms with Crippen molar-refractivity contribution in [3.8, 4) is 11.5 Å². The Labute approximate surface area is 165 Å². The largest absolute Gasteiger partial charge is 0.497 e. The summed E-state index contributed by atoms with van der Waals surface area (Å²) >= 11 is 7.63. The molecular weight excluding hydrogens is 386 g/mol. The lowest BCUT2D eigenvalue weighted by molar-refractivity contribution is -0.120. The second-order valence-corrected chi connectivity index (χ2v) is 7.71. The van der Waals surface area contributed by atoms with Gasteiger partial charge >= 0.3 is 0 Å². The summed E-state index contributed by atoms with van der Waals surface area (Å²) in [4.78, 5) is 19.3. The first-order chi connectivity index (χ1) is 13.1. The molecule has 3 aromatic rings. The Bertz CT molecular complexity index is 1000. The molecule has 140 valence electrons. The van der Waals surface area contributed by atoms with Gasteiger partial charge in [0.15, 0.2) is 5.13 Å². The Morgan fingerprint density at radius 2 is 2.04 bits per heavy atom. The van der Waals surface area contributed by atoms with Crippen LogP contribution in [0, 0.1) is 5.92 Å². The zero-order chi connectivity index (χ0) is 19.0. The van der Waals surface area contributed by atoms with Crippen molar-refractivity contribution < 1.29 is 14.3 Å². The fourth-order valence-electron chi connectivity index (χ4n) is 2.97. The van der Waals surface area contributed by atoms with Gasteiger partial charge in [-0.2, -0.15) is 0 Å². The van der Waals surface area contributed by atoms with Crippen LogP contribution < -0.4 is 19.7 Å². The molecule has 6 nitrogen and oxygen atoms in total. The van der Waals surface area contributed by atoms with Gasteiger partial charge in [-0.15, -0.1) is 0 Å². The third-order valence-corrected chi connectivity index (χ3v) is 5.86. The van der Waals surface area contributed by atoms with E-state index < -0.39 is 0 Å². The predicted octanol–water partition coefficient (Wildman–Crippen LogP) is 4.04. The second-order valence-electron chi connectivity index (χ2n) is 6.27. The number of aromatic nitrogens is 1. The zero-order valence-electron chi connectivity index (χ0n) is 14.9. The van der Waals surface area contributed by atoms with Crippen molar-refractivity contribution in [1.82, 2.24) is 4.98 Å². The maximum atomic E-state index is 12.5. The number of carbonyl (C=O) groups is 1. The molecule has 1 amide bonds. The minimum atomic E-state index is -0.102. The van der Waals surface area contributed by atoms with E-state index in [9.17, 15) is 4.79 Å². The van der Waals surface area contributed by atoms with Crippen molar-refractivity contribution >= 4 is 49.9 Å². The fraction of sp³-hybridized carbons (Fsp3) is 0.263. The highest BCUT2D eigenvalue weighted by molar-refractivity contribution is 7.22. The van der Waals surface area contributed by atoms with Crippen LogP contribution in [0.5, 0.6) is 11.5 Å². The summed E-state index contributed by atoms with van der Waals surface area (Å²) < 4.78 is 11.6. The lowest BCUT2D eigenvalue weighted by Crippen LogP contribution is -2.52. The lowest BCUT2D eigenvalue weighted by Gasteiger charge is -2.38. The maximum Gasteiger partial charge on any atom is 0.231 e. The predicted molar refractivity (Wildman–Crippen MR) is 109 cm³/mol. The molecule has 8 heteroatoms. The molecule has 1 N–H and O–H groups in total. The molecule has 2 heterocycles. The number of thiazole rings is 1. The van der Waals surface area contributed by atoms with Crippen molar-refractivity contribution in [2.75, 3.05) is 37.5 Å². The summed E-state index contributed by atoms with van der Waals surface area (Å²) in [5.74, 6) is 1.23. The van der Waals surface area contributed by atoms with Gasteiger partial charge in [0.1, 0.15) is 11.5 Å². The number of fused-ring (bicyclic) bond motifs is 1. The van der Waals surface area contributed by atoms with Gasteiger partial charge in [-0.3, -0.25) is 4.79 Å². The minimum absolute atomic E-state index is 0.0467. The van der Waals surface area contributed by atoms with E-state index in [1.807, 2.05) is 18.2 Å². The van der Waals surface area contributed by atoms with Crippen molar-refractivity contribution in [2.45, 2.75) is 0 Å². The number of carbonyl (C=O) groups excluding carboxylic acids is 1. The first-order valence-corrected chi connectivity index (χ1v) is 9.61. The first-order valence-electron chi connectivity index (χ1n) is 8.41. The van der Waals surface area contributed by atoms with Crippen LogP contribution in [0.2, 0.25) is 5.02 Å². The Morgan fingerprint density at radius 3 is 2.78 bits per heavy atom. The zero-order valence-corrected chi connectivity index (χ0v) is 16.4. The van der Waals surface area contributed by atoms with E-state index in [1.165, 1.54) is 0 Å². The smallest absolute Gasteiger partial charge is 0.231 e. The Balaban J connectivity index is 1.42. The first kappa shape index (κ1) is 17.9. The molecule has 1 aliphatic heterocycles. The minimum Gasteiger partial charge on any atom is -0.497 e. The Kier molecular flexibility index (Phi) is 4.80. The molecule has 0 atom stereocenters. The molecule has 0 bridgehead atoms. The highest BCUT2D eigenvalue weighted by atomic mass is 35.5. The van der Waals surface area contributed by atoms with Crippen LogP contribution in [0.1, 0.15) is 0 Å². The second kappa shape index (κ2) is 7.25. The summed E-state index contributed by atoms with van der Waals surface area (Å²) in [5, 5.41) is 4.38. The average molecular weight is 404 g/mol. The highest BCUT2D eigenvalue weighted by Gasteiger charge is 2.34. The number of nitrogens with zero attached hydrogens (tertiary/aromatic N) is 2. The van der Waals surface area contributed by atoms with E-state index in [2.05, 4.69) is 15.2 Å². The van der Waals surface area contributed by atoms with Crippen LogP contribution in [0.15, 0.2) is 36.4 Å². The maximum absolute atomic E-state index is 12.5. The summed E-state index contributed by atoms with van der Waals surface area (Å²) in [7, 11) is 3.20. The molecule has 1 aromatic heterocycles. The number of nitrogens with one attached hydrogen (secondary N) is 1. The number of rotatable bonds is 5. The van der Waals surface area contributed by atoms with Gasteiger partial charge in [0.05, 0.1) is 36.0 Å². The van der Waals surface area contributed by atoms with E-state index in [0.29, 0.717) is 29.5 Å². The fourth-order valence-corrected chi connectivity index (χ4v) is 4.11. The van der Waals surface area contributed by atoms with E-state index in [4.69, 9.17) is 21.1 Å². The molecular formula is C19H18ClN3O3S. The van der Waals surface area contributed by atoms with Crippen LogP contribution in [0.3, 0.4) is 0 Å². The SMILES string of the molecule is COc1ccc2sc(N3CC(C(=O)Nc4cc(Cl)ccc4OC)C3)nc2c1. The third-order valence-electron chi connectivity index (χ3n) is 4.53. The van der Waals surface area contributed by atoms with Crippen LogP contribution in [-0.4, -0.2) is 38.2 Å². The number of halogens is 1.